The zero-order valence-electron chi connectivity index (χ0n) is 23.5. The number of hydrogen-bond acceptors (Lipinski definition) is 6. The highest BCUT2D eigenvalue weighted by Gasteiger charge is 2.29. The number of piperidine rings is 1. The fourth-order valence-corrected chi connectivity index (χ4v) is 6.59. The molecule has 0 spiro atoms. The topological polar surface area (TPSA) is 89.7 Å². The second-order valence-electron chi connectivity index (χ2n) is 11.5. The third-order valence-corrected chi connectivity index (χ3v) is 8.98. The smallest absolute Gasteiger partial charge is 0.335 e. The lowest BCUT2D eigenvalue weighted by Crippen LogP contribution is -2.35. The molecule has 2 saturated heterocycles. The maximum atomic E-state index is 11.6. The Morgan fingerprint density at radius 2 is 1.98 bits per heavy atom. The van der Waals surface area contributed by atoms with E-state index in [2.05, 4.69) is 44.8 Å². The molecule has 3 aliphatic rings. The van der Waals surface area contributed by atoms with Gasteiger partial charge in [-0.3, -0.25) is 9.88 Å². The predicted octanol–water partition coefficient (Wildman–Crippen LogP) is 6.41. The van der Waals surface area contributed by atoms with Gasteiger partial charge in [0.2, 0.25) is 0 Å². The fourth-order valence-electron chi connectivity index (χ4n) is 6.38. The summed E-state index contributed by atoms with van der Waals surface area (Å²) in [7, 11) is 0. The number of pyridine rings is 1. The lowest BCUT2D eigenvalue weighted by atomic mass is 9.87. The van der Waals surface area contributed by atoms with E-state index in [0.29, 0.717) is 24.0 Å². The monoisotopic (exact) mass is 584 g/mol. The minimum atomic E-state index is -0.929. The van der Waals surface area contributed by atoms with Crippen LogP contribution in [0.5, 0.6) is 5.75 Å². The highest BCUT2D eigenvalue weighted by Crippen LogP contribution is 2.42. The highest BCUT2D eigenvalue weighted by molar-refractivity contribution is 6.30. The van der Waals surface area contributed by atoms with Crippen LogP contribution in [0.2, 0.25) is 5.02 Å². The van der Waals surface area contributed by atoms with Gasteiger partial charge in [-0.1, -0.05) is 35.9 Å². The lowest BCUT2D eigenvalue weighted by molar-refractivity contribution is -0.0592. The fraction of sp³-hybridized carbons (Fsp3) is 0.364. The zero-order valence-corrected chi connectivity index (χ0v) is 24.3. The van der Waals surface area contributed by atoms with Gasteiger partial charge in [-0.05, 0) is 86.7 Å². The van der Waals surface area contributed by atoms with Gasteiger partial charge in [-0.2, -0.15) is 0 Å². The molecule has 8 nitrogen and oxygen atoms in total. The Labute approximate surface area is 249 Å². The maximum absolute atomic E-state index is 11.6. The van der Waals surface area contributed by atoms with E-state index in [1.54, 1.807) is 18.3 Å². The minimum Gasteiger partial charge on any atom is -0.479 e. The van der Waals surface area contributed by atoms with Gasteiger partial charge in [-0.25, -0.2) is 9.78 Å². The summed E-state index contributed by atoms with van der Waals surface area (Å²) in [5.41, 5.74) is 6.21. The molecule has 0 saturated carbocycles. The molecule has 0 unspecified atom stereocenters. The molecule has 9 heteroatoms. The number of aromatic carboxylic acids is 1. The molecule has 7 rings (SSSR count). The third-order valence-electron chi connectivity index (χ3n) is 8.77. The molecule has 2 aromatic heterocycles. The molecule has 3 aliphatic heterocycles. The third kappa shape index (κ3) is 5.19. The van der Waals surface area contributed by atoms with Crippen LogP contribution in [0.25, 0.3) is 17.1 Å². The summed E-state index contributed by atoms with van der Waals surface area (Å²) in [6.07, 6.45) is 8.83. The average molecular weight is 585 g/mol. The molecule has 1 N–H and O–H groups in total. The number of nitrogens with zero attached hydrogens (tertiary/aromatic N) is 4. The van der Waals surface area contributed by atoms with Gasteiger partial charge in [0.25, 0.3) is 0 Å². The lowest BCUT2D eigenvalue weighted by Gasteiger charge is -2.34. The van der Waals surface area contributed by atoms with Gasteiger partial charge in [-0.15, -0.1) is 0 Å². The van der Waals surface area contributed by atoms with Crippen molar-refractivity contribution < 1.29 is 19.4 Å². The van der Waals surface area contributed by atoms with Crippen molar-refractivity contribution in [3.05, 3.63) is 93.5 Å². The number of para-hydroxylation sites is 1. The van der Waals surface area contributed by atoms with Crippen molar-refractivity contribution in [1.82, 2.24) is 19.4 Å². The van der Waals surface area contributed by atoms with Crippen LogP contribution < -0.4 is 4.74 Å². The molecule has 4 aromatic rings. The molecule has 0 amide bonds. The number of rotatable bonds is 7. The summed E-state index contributed by atoms with van der Waals surface area (Å²) in [4.78, 5) is 23.6. The van der Waals surface area contributed by atoms with Gasteiger partial charge in [0.05, 0.1) is 46.5 Å². The molecule has 5 heterocycles. The number of imidazole rings is 1. The van der Waals surface area contributed by atoms with Crippen LogP contribution in [0, 0.1) is 6.92 Å². The Bertz CT molecular complexity index is 1690. The van der Waals surface area contributed by atoms with Crippen molar-refractivity contribution in [2.45, 2.75) is 57.4 Å². The Morgan fingerprint density at radius 1 is 1.14 bits per heavy atom. The van der Waals surface area contributed by atoms with E-state index in [0.717, 1.165) is 78.4 Å². The molecule has 0 aliphatic carbocycles. The number of benzene rings is 2. The van der Waals surface area contributed by atoms with Gasteiger partial charge in [0, 0.05) is 18.4 Å². The van der Waals surface area contributed by atoms with Crippen LogP contribution in [-0.4, -0.2) is 56.3 Å². The summed E-state index contributed by atoms with van der Waals surface area (Å²) < 4.78 is 14.5. The van der Waals surface area contributed by atoms with Crippen LogP contribution in [0.4, 0.5) is 0 Å². The number of carboxylic acid groups (broad SMARTS) is 1. The molecule has 2 fully saturated rings. The highest BCUT2D eigenvalue weighted by atomic mass is 35.5. The average Bonchev–Trinajstić information content (AvgIpc) is 3.30. The number of carboxylic acids is 1. The predicted molar refractivity (Wildman–Crippen MR) is 161 cm³/mol. The molecule has 42 heavy (non-hydrogen) atoms. The van der Waals surface area contributed by atoms with E-state index < -0.39 is 5.97 Å². The van der Waals surface area contributed by atoms with Crippen LogP contribution >= 0.6 is 11.6 Å². The Balaban J connectivity index is 1.08. The van der Waals surface area contributed by atoms with Crippen LogP contribution in [-0.2, 0) is 17.8 Å². The first-order chi connectivity index (χ1) is 20.4. The summed E-state index contributed by atoms with van der Waals surface area (Å²) in [6.45, 7) is 6.08. The molecular weight excluding hydrogens is 552 g/mol. The Hall–Kier alpha value is -3.72. The first kappa shape index (κ1) is 27.1. The van der Waals surface area contributed by atoms with Crippen molar-refractivity contribution in [3.63, 3.8) is 0 Å². The molecule has 216 valence electrons. The maximum Gasteiger partial charge on any atom is 0.335 e. The number of aromatic nitrogens is 3. The summed E-state index contributed by atoms with van der Waals surface area (Å²) in [5, 5.41) is 10.2. The first-order valence-corrected chi connectivity index (χ1v) is 15.0. The second-order valence-corrected chi connectivity index (χ2v) is 11.9. The molecule has 2 aromatic carbocycles. The van der Waals surface area contributed by atoms with Crippen LogP contribution in [0.3, 0.4) is 0 Å². The Morgan fingerprint density at radius 3 is 2.71 bits per heavy atom. The standard InChI is InChI=1S/C33H33ClN4O4/c1-20-15-24(34)17-35-31(20)29-8-6-22-3-2-4-26(32(22)42-29)21-9-12-37(13-10-21)19-30-36-27-7-5-23(33(39)40)16-28(27)38(30)18-25-11-14-41-25/h2-8,15-17,21,25,29H,9-14,18-19H2,1H3,(H,39,40)/t25-,29+/m0/s1. The SMILES string of the molecule is Cc1cc(Cl)cnc1[C@H]1C=Cc2cccc(C3CCN(Cc4nc5ccc(C(=O)O)cc5n4C[C@@H]4CCO4)CC3)c2O1. The van der Waals surface area contributed by atoms with E-state index in [-0.39, 0.29) is 17.8 Å². The number of carbonyl (C=O) groups is 1. The normalized spacial score (nSPS) is 20.7. The number of ether oxygens (including phenoxy) is 2. The van der Waals surface area contributed by atoms with Gasteiger partial charge >= 0.3 is 5.97 Å². The van der Waals surface area contributed by atoms with Crippen LogP contribution in [0.15, 0.2) is 54.7 Å². The van der Waals surface area contributed by atoms with Gasteiger partial charge in [0.1, 0.15) is 11.6 Å². The Kier molecular flexibility index (Phi) is 7.22. The molecule has 2 atom stereocenters. The molecule has 0 bridgehead atoms. The minimum absolute atomic E-state index is 0.148. The van der Waals surface area contributed by atoms with Crippen molar-refractivity contribution >= 4 is 34.7 Å². The van der Waals surface area contributed by atoms with E-state index in [1.807, 2.05) is 19.1 Å². The van der Waals surface area contributed by atoms with Crippen LogP contribution in [0.1, 0.15) is 69.9 Å². The van der Waals surface area contributed by atoms with Crippen molar-refractivity contribution in [1.29, 1.82) is 0 Å². The summed E-state index contributed by atoms with van der Waals surface area (Å²) >= 11 is 6.15. The van der Waals surface area contributed by atoms with E-state index in [4.69, 9.17) is 26.1 Å². The van der Waals surface area contributed by atoms with Crippen molar-refractivity contribution in [2.75, 3.05) is 19.7 Å². The number of hydrogen-bond donors (Lipinski definition) is 1. The van der Waals surface area contributed by atoms with Gasteiger partial charge < -0.3 is 19.1 Å². The summed E-state index contributed by atoms with van der Waals surface area (Å²) in [5.74, 6) is 1.38. The first-order valence-electron chi connectivity index (χ1n) is 14.6. The van der Waals surface area contributed by atoms with E-state index in [1.165, 1.54) is 5.56 Å². The molecular formula is C33H33ClN4O4. The second kappa shape index (κ2) is 11.2. The molecule has 0 radical (unpaired) electrons. The largest absolute Gasteiger partial charge is 0.479 e. The van der Waals surface area contributed by atoms with Crippen molar-refractivity contribution in [2.24, 2.45) is 0 Å². The van der Waals surface area contributed by atoms with E-state index >= 15 is 0 Å². The number of fused-ring (bicyclic) bond motifs is 2. The number of likely N-dealkylation sites (tertiary alicyclic amines) is 1. The van der Waals surface area contributed by atoms with Gasteiger partial charge in [0.15, 0.2) is 6.10 Å². The number of aryl methyl sites for hydroxylation is 1. The van der Waals surface area contributed by atoms with Crippen molar-refractivity contribution in [3.8, 4) is 5.75 Å². The summed E-state index contributed by atoms with van der Waals surface area (Å²) in [6, 6.07) is 13.5. The number of halogens is 1. The van der Waals surface area contributed by atoms with E-state index in [9.17, 15) is 9.90 Å². The quantitative estimate of drug-likeness (QED) is 0.268. The zero-order chi connectivity index (χ0) is 28.8.